The van der Waals surface area contributed by atoms with Crippen LogP contribution in [0.15, 0.2) is 12.3 Å². The second-order valence-corrected chi connectivity index (χ2v) is 7.32. The van der Waals surface area contributed by atoms with Crippen LogP contribution in [0.4, 0.5) is 11.6 Å². The van der Waals surface area contributed by atoms with Crippen molar-refractivity contribution in [3.63, 3.8) is 0 Å². The molecule has 0 saturated carbocycles. The third-order valence-electron chi connectivity index (χ3n) is 3.30. The minimum Gasteiger partial charge on any atom is -0.324 e. The zero-order chi connectivity index (χ0) is 15.1. The largest absolute Gasteiger partial charge is 0.324 e. The average Bonchev–Trinajstić information content (AvgIpc) is 2.85. The molecule has 2 heterocycles. The molecule has 0 aliphatic carbocycles. The third kappa shape index (κ3) is 2.86. The summed E-state index contributed by atoms with van der Waals surface area (Å²) in [5.41, 5.74) is 1.20. The van der Waals surface area contributed by atoms with Crippen molar-refractivity contribution in [1.82, 2.24) is 19.7 Å². The van der Waals surface area contributed by atoms with Crippen LogP contribution in [0.25, 0.3) is 0 Å². The number of hydrogen-bond donors (Lipinski definition) is 2. The standard InChI is InChI=1S/C15H25N5/c1-14(2,3)10-8-11(19-18-10)17-12-9-16-13(20(12)7)15(4,5)6/h8-9H,1-7H3,(H2,17,18,19). The second kappa shape index (κ2) is 4.65. The Morgan fingerprint density at radius 1 is 1.10 bits per heavy atom. The van der Waals surface area contributed by atoms with E-state index in [1.54, 1.807) is 0 Å². The van der Waals surface area contributed by atoms with Gasteiger partial charge >= 0.3 is 0 Å². The summed E-state index contributed by atoms with van der Waals surface area (Å²) in [7, 11) is 2.02. The van der Waals surface area contributed by atoms with Crippen LogP contribution in [0, 0.1) is 0 Å². The van der Waals surface area contributed by atoms with E-state index >= 15 is 0 Å². The smallest absolute Gasteiger partial charge is 0.153 e. The number of anilines is 2. The molecular weight excluding hydrogens is 250 g/mol. The molecule has 20 heavy (non-hydrogen) atoms. The summed E-state index contributed by atoms with van der Waals surface area (Å²) < 4.78 is 2.07. The van der Waals surface area contributed by atoms with E-state index in [0.29, 0.717) is 0 Å². The van der Waals surface area contributed by atoms with Crippen molar-refractivity contribution < 1.29 is 0 Å². The first-order valence-corrected chi connectivity index (χ1v) is 6.94. The third-order valence-corrected chi connectivity index (χ3v) is 3.30. The average molecular weight is 275 g/mol. The molecule has 0 radical (unpaired) electrons. The first-order chi connectivity index (χ1) is 9.09. The molecule has 0 spiro atoms. The van der Waals surface area contributed by atoms with E-state index in [-0.39, 0.29) is 10.8 Å². The summed E-state index contributed by atoms with van der Waals surface area (Å²) in [6.07, 6.45) is 1.85. The normalized spacial score (nSPS) is 12.8. The van der Waals surface area contributed by atoms with Crippen LogP contribution in [-0.2, 0) is 17.9 Å². The number of nitrogens with one attached hydrogen (secondary N) is 2. The highest BCUT2D eigenvalue weighted by Crippen LogP contribution is 2.26. The van der Waals surface area contributed by atoms with Crippen LogP contribution in [0.5, 0.6) is 0 Å². The van der Waals surface area contributed by atoms with E-state index in [4.69, 9.17) is 0 Å². The van der Waals surface area contributed by atoms with Crippen molar-refractivity contribution in [3.05, 3.63) is 23.8 Å². The number of nitrogens with zero attached hydrogens (tertiary/aromatic N) is 3. The Morgan fingerprint density at radius 2 is 1.75 bits per heavy atom. The Labute approximate surface area is 120 Å². The van der Waals surface area contributed by atoms with Crippen molar-refractivity contribution in [1.29, 1.82) is 0 Å². The molecule has 2 N–H and O–H groups in total. The van der Waals surface area contributed by atoms with Gasteiger partial charge in [-0.1, -0.05) is 41.5 Å². The van der Waals surface area contributed by atoms with Gasteiger partial charge in [-0.2, -0.15) is 5.10 Å². The van der Waals surface area contributed by atoms with Crippen molar-refractivity contribution in [2.45, 2.75) is 52.4 Å². The maximum absolute atomic E-state index is 4.50. The lowest BCUT2D eigenvalue weighted by Crippen LogP contribution is -2.18. The van der Waals surface area contributed by atoms with Gasteiger partial charge in [0.05, 0.1) is 6.20 Å². The maximum atomic E-state index is 4.50. The van der Waals surface area contributed by atoms with Gasteiger partial charge < -0.3 is 9.88 Å². The Balaban J connectivity index is 2.23. The summed E-state index contributed by atoms with van der Waals surface area (Å²) in [5, 5.41) is 10.7. The fourth-order valence-corrected chi connectivity index (χ4v) is 2.12. The van der Waals surface area contributed by atoms with Gasteiger partial charge in [0.2, 0.25) is 0 Å². The first kappa shape index (κ1) is 14.6. The minimum atomic E-state index is 0.0246. The van der Waals surface area contributed by atoms with Crippen LogP contribution in [-0.4, -0.2) is 19.7 Å². The number of aromatic amines is 1. The molecule has 110 valence electrons. The van der Waals surface area contributed by atoms with Crippen LogP contribution < -0.4 is 5.32 Å². The number of imidazole rings is 1. The van der Waals surface area contributed by atoms with E-state index in [1.807, 2.05) is 19.3 Å². The van der Waals surface area contributed by atoms with Gasteiger partial charge in [0.25, 0.3) is 0 Å². The van der Waals surface area contributed by atoms with E-state index in [9.17, 15) is 0 Å². The molecule has 2 aromatic heterocycles. The molecule has 0 unspecified atom stereocenters. The molecular formula is C15H25N5. The van der Waals surface area contributed by atoms with Gasteiger partial charge in [-0.05, 0) is 0 Å². The van der Waals surface area contributed by atoms with E-state index in [0.717, 1.165) is 23.2 Å². The van der Waals surface area contributed by atoms with Gasteiger partial charge in [-0.25, -0.2) is 4.98 Å². The summed E-state index contributed by atoms with van der Waals surface area (Å²) in [5.74, 6) is 2.81. The molecule has 2 aromatic rings. The fraction of sp³-hybridized carbons (Fsp3) is 0.600. The highest BCUT2D eigenvalue weighted by Gasteiger charge is 2.21. The van der Waals surface area contributed by atoms with Crippen molar-refractivity contribution >= 4 is 11.6 Å². The van der Waals surface area contributed by atoms with Crippen LogP contribution in [0.1, 0.15) is 53.1 Å². The summed E-state index contributed by atoms with van der Waals surface area (Å²) in [6, 6.07) is 2.05. The molecule has 0 atom stereocenters. The van der Waals surface area contributed by atoms with Gasteiger partial charge in [0.15, 0.2) is 5.82 Å². The fourth-order valence-electron chi connectivity index (χ4n) is 2.12. The number of hydrogen-bond acceptors (Lipinski definition) is 3. The zero-order valence-corrected chi connectivity index (χ0v) is 13.5. The predicted molar refractivity (Wildman–Crippen MR) is 82.5 cm³/mol. The van der Waals surface area contributed by atoms with Gasteiger partial charge in [0, 0.05) is 29.6 Å². The monoisotopic (exact) mass is 275 g/mol. The molecule has 0 aromatic carbocycles. The molecule has 0 aliphatic heterocycles. The second-order valence-electron chi connectivity index (χ2n) is 7.32. The highest BCUT2D eigenvalue weighted by atomic mass is 15.2. The van der Waals surface area contributed by atoms with E-state index < -0.39 is 0 Å². The maximum Gasteiger partial charge on any atom is 0.153 e. The lowest BCUT2D eigenvalue weighted by Gasteiger charge is -2.18. The molecule has 0 saturated heterocycles. The summed E-state index contributed by atoms with van der Waals surface area (Å²) >= 11 is 0. The van der Waals surface area contributed by atoms with Gasteiger partial charge in [-0.3, -0.25) is 5.10 Å². The van der Waals surface area contributed by atoms with E-state index in [2.05, 4.69) is 66.6 Å². The SMILES string of the molecule is Cn1c(Nc2cc(C(C)(C)C)[nH]n2)cnc1C(C)(C)C. The molecule has 5 heteroatoms. The van der Waals surface area contributed by atoms with Crippen molar-refractivity contribution in [2.24, 2.45) is 7.05 Å². The van der Waals surface area contributed by atoms with Crippen molar-refractivity contribution in [3.8, 4) is 0 Å². The predicted octanol–water partition coefficient (Wildman–Crippen LogP) is 3.48. The Bertz CT molecular complexity index is 593. The summed E-state index contributed by atoms with van der Waals surface area (Å²) in [6.45, 7) is 13.0. The highest BCUT2D eigenvalue weighted by molar-refractivity contribution is 5.52. The topological polar surface area (TPSA) is 58.5 Å². The number of rotatable bonds is 2. The molecule has 0 bridgehead atoms. The Kier molecular flexibility index (Phi) is 3.40. The minimum absolute atomic E-state index is 0.0246. The summed E-state index contributed by atoms with van der Waals surface area (Å²) in [4.78, 5) is 4.50. The Morgan fingerprint density at radius 3 is 2.20 bits per heavy atom. The van der Waals surface area contributed by atoms with Crippen LogP contribution in [0.3, 0.4) is 0 Å². The molecule has 2 rings (SSSR count). The number of aromatic nitrogens is 4. The Hall–Kier alpha value is -1.78. The van der Waals surface area contributed by atoms with Crippen molar-refractivity contribution in [2.75, 3.05) is 5.32 Å². The molecule has 0 aliphatic rings. The molecule has 0 amide bonds. The zero-order valence-electron chi connectivity index (χ0n) is 13.5. The first-order valence-electron chi connectivity index (χ1n) is 6.94. The van der Waals surface area contributed by atoms with Gasteiger partial charge in [-0.15, -0.1) is 0 Å². The molecule has 0 fully saturated rings. The lowest BCUT2D eigenvalue weighted by atomic mass is 9.92. The quantitative estimate of drug-likeness (QED) is 0.882. The van der Waals surface area contributed by atoms with Crippen LogP contribution >= 0.6 is 0 Å². The van der Waals surface area contributed by atoms with E-state index in [1.165, 1.54) is 0 Å². The lowest BCUT2D eigenvalue weighted by molar-refractivity contribution is 0.524. The van der Waals surface area contributed by atoms with Gasteiger partial charge in [0.1, 0.15) is 11.6 Å². The van der Waals surface area contributed by atoms with Crippen LogP contribution in [0.2, 0.25) is 0 Å². The molecule has 5 nitrogen and oxygen atoms in total. The number of H-pyrrole nitrogens is 1.